The zero-order chi connectivity index (χ0) is 30.3. The number of amides is 5. The lowest BCUT2D eigenvalue weighted by Gasteiger charge is -2.30. The zero-order valence-electron chi connectivity index (χ0n) is 21.2. The Morgan fingerprint density at radius 2 is 1.78 bits per heavy atom. The van der Waals surface area contributed by atoms with E-state index in [9.17, 15) is 52.1 Å². The van der Waals surface area contributed by atoms with Crippen LogP contribution >= 0.6 is 7.60 Å². The number of hydrogen-bond donors (Lipinski definition) is 6. The summed E-state index contributed by atoms with van der Waals surface area (Å²) < 4.78 is 41.1. The topological polar surface area (TPSA) is 240 Å². The van der Waals surface area contributed by atoms with Crippen molar-refractivity contribution in [3.05, 3.63) is 59.2 Å². The van der Waals surface area contributed by atoms with Gasteiger partial charge in [-0.3, -0.25) is 9.36 Å². The molecule has 4 rings (SSSR count). The van der Waals surface area contributed by atoms with Crippen molar-refractivity contribution in [2.75, 3.05) is 19.3 Å². The molecule has 0 spiro atoms. The van der Waals surface area contributed by atoms with Crippen LogP contribution < -0.4 is 20.6 Å². The van der Waals surface area contributed by atoms with E-state index in [1.807, 2.05) is 0 Å². The molecule has 2 aliphatic rings. The molecule has 2 heterocycles. The van der Waals surface area contributed by atoms with Gasteiger partial charge in [-0.1, -0.05) is 24.3 Å². The quantitative estimate of drug-likeness (QED) is 0.160. The number of para-hydroxylation sites is 1. The number of nitrogens with zero attached hydrogens (tertiary/aromatic N) is 2. The van der Waals surface area contributed by atoms with Crippen molar-refractivity contribution in [3.8, 4) is 5.75 Å². The smallest absolute Gasteiger partial charge is 0.534 e. The van der Waals surface area contributed by atoms with Crippen LogP contribution in [0.4, 0.5) is 9.59 Å². The fraction of sp³-hybridized carbons (Fsp3) is 0.273. The fourth-order valence-electron chi connectivity index (χ4n) is 4.36. The highest BCUT2D eigenvalue weighted by atomic mass is 32.2. The summed E-state index contributed by atoms with van der Waals surface area (Å²) in [6.45, 7) is -0.608. The second-order valence-corrected chi connectivity index (χ2v) is 12.7. The molecule has 0 bridgehead atoms. The number of urea groups is 2. The summed E-state index contributed by atoms with van der Waals surface area (Å²) in [6.07, 6.45) is 0.731. The van der Waals surface area contributed by atoms with Gasteiger partial charge in [0.25, 0.3) is 0 Å². The minimum absolute atomic E-state index is 0.0273. The molecule has 16 nitrogen and oxygen atoms in total. The van der Waals surface area contributed by atoms with Gasteiger partial charge in [0.05, 0.1) is 36.2 Å². The van der Waals surface area contributed by atoms with Gasteiger partial charge in [-0.05, 0) is 35.7 Å². The summed E-state index contributed by atoms with van der Waals surface area (Å²) >= 11 is 0. The molecule has 2 aromatic rings. The Labute approximate surface area is 233 Å². The van der Waals surface area contributed by atoms with Crippen molar-refractivity contribution in [2.45, 2.75) is 18.4 Å². The summed E-state index contributed by atoms with van der Waals surface area (Å²) in [5, 5.41) is 24.4. The molecule has 0 aliphatic carbocycles. The fourth-order valence-corrected chi connectivity index (χ4v) is 5.69. The van der Waals surface area contributed by atoms with Crippen molar-refractivity contribution < 1.29 is 56.7 Å². The van der Waals surface area contributed by atoms with Gasteiger partial charge >= 0.3 is 32.7 Å². The van der Waals surface area contributed by atoms with Crippen molar-refractivity contribution in [2.24, 2.45) is 0 Å². The Morgan fingerprint density at radius 1 is 1.12 bits per heavy atom. The van der Waals surface area contributed by atoms with E-state index in [0.717, 1.165) is 30.5 Å². The van der Waals surface area contributed by atoms with Crippen LogP contribution in [0.25, 0.3) is 0 Å². The molecule has 41 heavy (non-hydrogen) atoms. The summed E-state index contributed by atoms with van der Waals surface area (Å²) in [5.74, 6) is -3.41. The lowest BCUT2D eigenvalue weighted by molar-refractivity contribution is -0.123. The van der Waals surface area contributed by atoms with Crippen LogP contribution in [0.1, 0.15) is 27.5 Å². The van der Waals surface area contributed by atoms with E-state index >= 15 is 0 Å². The standard InChI is InChI=1S/C22H24BN4O12PS/c1-41(37,38)27-10-9-26(22(27)32)21(31)25-17(12-5-7-14(8-6-12)40(34,35)36)19(28)24-16-11-13-3-2-4-15(20(29)30)18(13)39-23(16)33/h2-8,16-17,33H,9-11H2,1H3,(H,24,28)(H,25,31)(H,29,30)(H2,34,35,36)/t16-,17+/m0/s1. The number of hydrogen-bond acceptors (Lipinski definition) is 9. The van der Waals surface area contributed by atoms with Crippen molar-refractivity contribution in [1.82, 2.24) is 19.8 Å². The Kier molecular flexibility index (Phi) is 8.15. The third-order valence-corrected chi connectivity index (χ3v) is 8.50. The second-order valence-electron chi connectivity index (χ2n) is 9.21. The predicted molar refractivity (Wildman–Crippen MR) is 141 cm³/mol. The van der Waals surface area contributed by atoms with E-state index in [1.165, 1.54) is 12.1 Å². The van der Waals surface area contributed by atoms with Gasteiger partial charge in [0, 0.05) is 0 Å². The van der Waals surface area contributed by atoms with Gasteiger partial charge in [-0.2, -0.15) is 0 Å². The normalized spacial score (nSPS) is 17.9. The summed E-state index contributed by atoms with van der Waals surface area (Å²) in [4.78, 5) is 69.8. The van der Waals surface area contributed by atoms with E-state index in [1.54, 1.807) is 6.07 Å². The molecule has 218 valence electrons. The minimum atomic E-state index is -4.64. The molecule has 0 saturated carbocycles. The number of fused-ring (bicyclic) bond motifs is 1. The Hall–Kier alpha value is -3.96. The Balaban J connectivity index is 1.60. The Morgan fingerprint density at radius 3 is 2.34 bits per heavy atom. The van der Waals surface area contributed by atoms with E-state index in [0.29, 0.717) is 14.8 Å². The first-order valence-electron chi connectivity index (χ1n) is 11.8. The highest BCUT2D eigenvalue weighted by Gasteiger charge is 2.42. The number of aromatic carboxylic acids is 1. The van der Waals surface area contributed by atoms with E-state index in [4.69, 9.17) is 4.65 Å². The van der Waals surface area contributed by atoms with E-state index in [2.05, 4.69) is 10.6 Å². The van der Waals surface area contributed by atoms with Crippen molar-refractivity contribution in [3.63, 3.8) is 0 Å². The Bertz CT molecular complexity index is 1560. The molecule has 19 heteroatoms. The van der Waals surface area contributed by atoms with Crippen LogP contribution in [0.5, 0.6) is 5.75 Å². The number of carbonyl (C=O) groups is 4. The first-order chi connectivity index (χ1) is 19.1. The third-order valence-electron chi connectivity index (χ3n) is 6.39. The van der Waals surface area contributed by atoms with Crippen LogP contribution in [-0.4, -0.2) is 93.9 Å². The molecule has 0 radical (unpaired) electrons. The maximum absolute atomic E-state index is 13.4. The number of rotatable bonds is 7. The third kappa shape index (κ3) is 6.36. The molecule has 6 N–H and O–H groups in total. The lowest BCUT2D eigenvalue weighted by Crippen LogP contribution is -2.56. The van der Waals surface area contributed by atoms with Crippen LogP contribution in [-0.2, 0) is 25.8 Å². The molecular formula is C22H24BN4O12PS. The largest absolute Gasteiger partial charge is 0.547 e. The van der Waals surface area contributed by atoms with E-state index in [-0.39, 0.29) is 41.7 Å². The molecule has 1 saturated heterocycles. The minimum Gasteiger partial charge on any atom is -0.534 e. The molecule has 5 amide bonds. The van der Waals surface area contributed by atoms with Gasteiger partial charge in [0.2, 0.25) is 15.9 Å². The first kappa shape index (κ1) is 30.0. The van der Waals surface area contributed by atoms with Crippen LogP contribution in [0.15, 0.2) is 42.5 Å². The number of benzene rings is 2. The molecule has 2 aliphatic heterocycles. The maximum atomic E-state index is 13.4. The number of carbonyl (C=O) groups excluding carboxylic acids is 3. The summed E-state index contributed by atoms with van der Waals surface area (Å²) in [7, 11) is -10.3. The van der Waals surface area contributed by atoms with Crippen molar-refractivity contribution in [1.29, 1.82) is 0 Å². The highest BCUT2D eigenvalue weighted by Crippen LogP contribution is 2.33. The molecule has 1 fully saturated rings. The number of sulfonamides is 1. The average molecular weight is 610 g/mol. The van der Waals surface area contributed by atoms with Crippen LogP contribution in [0, 0.1) is 0 Å². The van der Waals surface area contributed by atoms with Gasteiger partial charge in [0.15, 0.2) is 0 Å². The monoisotopic (exact) mass is 610 g/mol. The highest BCUT2D eigenvalue weighted by molar-refractivity contribution is 7.88. The van der Waals surface area contributed by atoms with Gasteiger partial charge in [0.1, 0.15) is 11.8 Å². The first-order valence-corrected chi connectivity index (χ1v) is 15.3. The van der Waals surface area contributed by atoms with Gasteiger partial charge < -0.3 is 35.2 Å². The van der Waals surface area contributed by atoms with Gasteiger partial charge in [-0.15, -0.1) is 0 Å². The number of nitrogens with one attached hydrogen (secondary N) is 2. The van der Waals surface area contributed by atoms with Crippen LogP contribution in [0.3, 0.4) is 0 Å². The second kappa shape index (κ2) is 11.1. The zero-order valence-corrected chi connectivity index (χ0v) is 22.9. The van der Waals surface area contributed by atoms with Crippen LogP contribution in [0.2, 0.25) is 0 Å². The molecular weight excluding hydrogens is 586 g/mol. The lowest BCUT2D eigenvalue weighted by atomic mass is 9.72. The molecule has 0 aromatic heterocycles. The number of imide groups is 1. The molecule has 2 aromatic carbocycles. The molecule has 2 atom stereocenters. The average Bonchev–Trinajstić information content (AvgIpc) is 3.28. The molecule has 0 unspecified atom stereocenters. The maximum Gasteiger partial charge on any atom is 0.547 e. The predicted octanol–water partition coefficient (Wildman–Crippen LogP) is -1.22. The number of carboxylic acid groups (broad SMARTS) is 1. The summed E-state index contributed by atoms with van der Waals surface area (Å²) in [5.41, 5.74) is 0.204. The van der Waals surface area contributed by atoms with Crippen molar-refractivity contribution >= 4 is 54.0 Å². The SMILES string of the molecule is CS(=O)(=O)N1CCN(C(=O)N[C@@H](C(=O)N[C@H]2Cc3cccc(C(=O)O)c3OB2O)c2ccc(P(=O)(O)O)cc2)C1=O. The van der Waals surface area contributed by atoms with E-state index < -0.39 is 60.7 Å². The summed E-state index contributed by atoms with van der Waals surface area (Å²) in [6, 6.07) is 4.83. The van der Waals surface area contributed by atoms with Gasteiger partial charge in [-0.25, -0.2) is 32.0 Å². The number of carboxylic acids is 1.